The summed E-state index contributed by atoms with van der Waals surface area (Å²) in [7, 11) is -3.69. The van der Waals surface area contributed by atoms with Crippen LogP contribution in [0, 0.1) is 13.8 Å². The molecule has 7 heteroatoms. The summed E-state index contributed by atoms with van der Waals surface area (Å²) in [5.41, 5.74) is 2.54. The summed E-state index contributed by atoms with van der Waals surface area (Å²) < 4.78 is 28.1. The molecule has 1 fully saturated rings. The molecule has 1 aliphatic rings. The van der Waals surface area contributed by atoms with Crippen molar-refractivity contribution in [2.24, 2.45) is 0 Å². The monoisotopic (exact) mass is 430 g/mol. The predicted molar refractivity (Wildman–Crippen MR) is 120 cm³/mol. The Labute approximate surface area is 179 Å². The maximum atomic E-state index is 12.7. The molecule has 1 amide bonds. The summed E-state index contributed by atoms with van der Waals surface area (Å²) in [5.74, 6) is -0.108. The van der Waals surface area contributed by atoms with E-state index in [1.807, 2.05) is 13.0 Å². The maximum absolute atomic E-state index is 12.7. The number of hydrogen-bond acceptors (Lipinski definition) is 3. The molecular weight excluding hydrogens is 398 g/mol. The van der Waals surface area contributed by atoms with E-state index in [9.17, 15) is 13.2 Å². The highest BCUT2D eigenvalue weighted by molar-refractivity contribution is 7.92. The van der Waals surface area contributed by atoms with Crippen molar-refractivity contribution in [2.75, 3.05) is 24.4 Å². The van der Waals surface area contributed by atoms with Gasteiger partial charge in [0.2, 0.25) is 0 Å². The standard InChI is InChI=1S/C23H31N3O3S/c1-4-13-26-14-11-20(12-15-26)24-23(27)19-7-9-21(10-8-19)25-30(28,29)22-16-17(2)5-6-18(22)3/h5-10,16,20,25H,4,11-15H2,1-3H3,(H,24,27)/p+1. The van der Waals surface area contributed by atoms with Gasteiger partial charge in [-0.3, -0.25) is 9.52 Å². The minimum Gasteiger partial charge on any atom is -0.349 e. The van der Waals surface area contributed by atoms with Gasteiger partial charge < -0.3 is 10.2 Å². The highest BCUT2D eigenvalue weighted by atomic mass is 32.2. The number of quaternary nitrogens is 1. The Morgan fingerprint density at radius 2 is 1.73 bits per heavy atom. The van der Waals surface area contributed by atoms with Crippen LogP contribution < -0.4 is 14.9 Å². The quantitative estimate of drug-likeness (QED) is 0.631. The molecule has 0 aromatic heterocycles. The summed E-state index contributed by atoms with van der Waals surface area (Å²) in [6.07, 6.45) is 3.18. The van der Waals surface area contributed by atoms with Crippen LogP contribution in [0.1, 0.15) is 47.7 Å². The third kappa shape index (κ3) is 5.61. The van der Waals surface area contributed by atoms with E-state index in [2.05, 4.69) is 17.0 Å². The third-order valence-corrected chi connectivity index (χ3v) is 7.19. The fraction of sp³-hybridized carbons (Fsp3) is 0.435. The molecule has 3 rings (SSSR count). The van der Waals surface area contributed by atoms with Crippen LogP contribution in [-0.2, 0) is 10.0 Å². The lowest BCUT2D eigenvalue weighted by Crippen LogP contribution is -3.13. The molecule has 0 aliphatic carbocycles. The lowest BCUT2D eigenvalue weighted by molar-refractivity contribution is -0.905. The van der Waals surface area contributed by atoms with Crippen molar-refractivity contribution in [2.45, 2.75) is 51.0 Å². The second-order valence-electron chi connectivity index (χ2n) is 8.20. The highest BCUT2D eigenvalue weighted by Crippen LogP contribution is 2.21. The minimum atomic E-state index is -3.69. The molecule has 2 aromatic rings. The van der Waals surface area contributed by atoms with Crippen LogP contribution in [0.3, 0.4) is 0 Å². The number of aryl methyl sites for hydroxylation is 2. The van der Waals surface area contributed by atoms with Gasteiger partial charge in [-0.15, -0.1) is 0 Å². The first-order valence-corrected chi connectivity index (χ1v) is 12.1. The fourth-order valence-electron chi connectivity index (χ4n) is 3.94. The normalized spacial score (nSPS) is 19.3. The smallest absolute Gasteiger partial charge is 0.262 e. The number of benzene rings is 2. The van der Waals surface area contributed by atoms with Crippen molar-refractivity contribution in [1.82, 2.24) is 5.32 Å². The molecule has 0 bridgehead atoms. The average molecular weight is 431 g/mol. The van der Waals surface area contributed by atoms with Crippen LogP contribution in [0.2, 0.25) is 0 Å². The number of likely N-dealkylation sites (tertiary alicyclic amines) is 1. The molecule has 3 N–H and O–H groups in total. The number of rotatable bonds is 7. The van der Waals surface area contributed by atoms with Crippen LogP contribution in [0.4, 0.5) is 5.69 Å². The summed E-state index contributed by atoms with van der Waals surface area (Å²) >= 11 is 0. The van der Waals surface area contributed by atoms with Gasteiger partial charge in [-0.25, -0.2) is 8.42 Å². The van der Waals surface area contributed by atoms with Gasteiger partial charge in [0.15, 0.2) is 0 Å². The van der Waals surface area contributed by atoms with E-state index in [-0.39, 0.29) is 16.8 Å². The Balaban J connectivity index is 1.61. The molecular formula is C23H32N3O3S+. The van der Waals surface area contributed by atoms with Gasteiger partial charge in [-0.1, -0.05) is 19.1 Å². The molecule has 2 aromatic carbocycles. The van der Waals surface area contributed by atoms with E-state index in [4.69, 9.17) is 0 Å². The maximum Gasteiger partial charge on any atom is 0.262 e. The van der Waals surface area contributed by atoms with Gasteiger partial charge in [0.05, 0.1) is 24.5 Å². The van der Waals surface area contributed by atoms with E-state index in [1.54, 1.807) is 48.2 Å². The lowest BCUT2D eigenvalue weighted by atomic mass is 10.0. The molecule has 1 heterocycles. The third-order valence-electron chi connectivity index (χ3n) is 5.66. The molecule has 0 radical (unpaired) electrons. The van der Waals surface area contributed by atoms with Gasteiger partial charge in [0, 0.05) is 30.1 Å². The van der Waals surface area contributed by atoms with E-state index < -0.39 is 10.0 Å². The number of nitrogens with one attached hydrogen (secondary N) is 3. The fourth-order valence-corrected chi connectivity index (χ4v) is 5.33. The molecule has 0 saturated carbocycles. The topological polar surface area (TPSA) is 79.7 Å². The Hall–Kier alpha value is -2.38. The van der Waals surface area contributed by atoms with Crippen LogP contribution in [0.15, 0.2) is 47.4 Å². The predicted octanol–water partition coefficient (Wildman–Crippen LogP) is 2.29. The van der Waals surface area contributed by atoms with Crippen LogP contribution in [-0.4, -0.2) is 40.0 Å². The number of sulfonamides is 1. The first kappa shape index (κ1) is 22.3. The summed E-state index contributed by atoms with van der Waals surface area (Å²) in [6.45, 7) is 9.22. The zero-order chi connectivity index (χ0) is 21.7. The SMILES string of the molecule is CCC[NH+]1CCC(NC(=O)c2ccc(NS(=O)(=O)c3cc(C)ccc3C)cc2)CC1. The Bertz CT molecular complexity index is 979. The van der Waals surface area contributed by atoms with Crippen molar-refractivity contribution >= 4 is 21.6 Å². The van der Waals surface area contributed by atoms with Crippen LogP contribution in [0.5, 0.6) is 0 Å². The molecule has 0 unspecified atom stereocenters. The average Bonchev–Trinajstić information content (AvgIpc) is 2.71. The molecule has 1 saturated heterocycles. The van der Waals surface area contributed by atoms with Gasteiger partial charge in [0.25, 0.3) is 15.9 Å². The first-order valence-electron chi connectivity index (χ1n) is 10.6. The van der Waals surface area contributed by atoms with Crippen molar-refractivity contribution in [1.29, 1.82) is 0 Å². The second kappa shape index (κ2) is 9.62. The number of amides is 1. The van der Waals surface area contributed by atoms with E-state index in [0.717, 1.165) is 31.5 Å². The number of hydrogen-bond donors (Lipinski definition) is 3. The molecule has 0 atom stereocenters. The number of anilines is 1. The Morgan fingerprint density at radius 3 is 2.37 bits per heavy atom. The van der Waals surface area contributed by atoms with E-state index in [1.165, 1.54) is 13.0 Å². The number of piperidine rings is 1. The summed E-state index contributed by atoms with van der Waals surface area (Å²) in [6, 6.07) is 12.1. The summed E-state index contributed by atoms with van der Waals surface area (Å²) in [4.78, 5) is 14.4. The van der Waals surface area contributed by atoms with Crippen molar-refractivity contribution in [3.63, 3.8) is 0 Å². The Kier molecular flexibility index (Phi) is 7.15. The molecule has 0 spiro atoms. The number of carbonyl (C=O) groups excluding carboxylic acids is 1. The number of carbonyl (C=O) groups is 1. The van der Waals surface area contributed by atoms with Gasteiger partial charge >= 0.3 is 0 Å². The molecule has 6 nitrogen and oxygen atoms in total. The van der Waals surface area contributed by atoms with Crippen LogP contribution >= 0.6 is 0 Å². The molecule has 1 aliphatic heterocycles. The van der Waals surface area contributed by atoms with Gasteiger partial charge in [0.1, 0.15) is 0 Å². The Morgan fingerprint density at radius 1 is 1.07 bits per heavy atom. The van der Waals surface area contributed by atoms with Crippen molar-refractivity contribution in [3.8, 4) is 0 Å². The summed E-state index contributed by atoms with van der Waals surface area (Å²) in [5, 5.41) is 3.11. The van der Waals surface area contributed by atoms with E-state index >= 15 is 0 Å². The zero-order valence-corrected chi connectivity index (χ0v) is 18.8. The zero-order valence-electron chi connectivity index (χ0n) is 18.0. The minimum absolute atomic E-state index is 0.108. The molecule has 30 heavy (non-hydrogen) atoms. The van der Waals surface area contributed by atoms with Crippen LogP contribution in [0.25, 0.3) is 0 Å². The molecule has 162 valence electrons. The van der Waals surface area contributed by atoms with Gasteiger partial charge in [-0.05, 0) is 61.7 Å². The van der Waals surface area contributed by atoms with Gasteiger partial charge in [-0.2, -0.15) is 0 Å². The largest absolute Gasteiger partial charge is 0.349 e. The van der Waals surface area contributed by atoms with E-state index in [0.29, 0.717) is 16.8 Å². The first-order chi connectivity index (χ1) is 14.3. The lowest BCUT2D eigenvalue weighted by Gasteiger charge is -2.29. The van der Waals surface area contributed by atoms with Crippen molar-refractivity contribution < 1.29 is 18.1 Å². The second-order valence-corrected chi connectivity index (χ2v) is 9.85. The van der Waals surface area contributed by atoms with Crippen molar-refractivity contribution in [3.05, 3.63) is 59.2 Å². The highest BCUT2D eigenvalue weighted by Gasteiger charge is 2.23.